The Hall–Kier alpha value is -1.77. The third-order valence-corrected chi connectivity index (χ3v) is 7.65. The number of piperazine rings is 1. The Balaban J connectivity index is 0.000000652. The molecule has 1 atom stereocenters. The smallest absolute Gasteiger partial charge is 0.319 e. The van der Waals surface area contributed by atoms with Gasteiger partial charge in [-0.25, -0.2) is 9.37 Å². The normalized spacial score (nSPS) is 22.6. The molecular formula is C25H38ClFN6O. The number of nitrogens with one attached hydrogen (secondary N) is 1. The van der Waals surface area contributed by atoms with Crippen molar-refractivity contribution in [2.75, 3.05) is 44.2 Å². The van der Waals surface area contributed by atoms with Crippen molar-refractivity contribution in [1.82, 2.24) is 25.2 Å². The Morgan fingerprint density at radius 1 is 1.09 bits per heavy atom. The van der Waals surface area contributed by atoms with Gasteiger partial charge >= 0.3 is 6.01 Å². The minimum absolute atomic E-state index is 0.0869. The summed E-state index contributed by atoms with van der Waals surface area (Å²) in [6, 6.07) is 0.538. The molecule has 1 unspecified atom stereocenters. The molecule has 2 aromatic rings. The molecule has 0 spiro atoms. The van der Waals surface area contributed by atoms with E-state index >= 15 is 4.39 Å². The van der Waals surface area contributed by atoms with Crippen LogP contribution in [0.2, 0.25) is 5.15 Å². The molecule has 34 heavy (non-hydrogen) atoms. The van der Waals surface area contributed by atoms with E-state index in [1.807, 2.05) is 27.7 Å². The molecule has 0 radical (unpaired) electrons. The lowest BCUT2D eigenvalue weighted by Crippen LogP contribution is -2.51. The molecule has 4 aliphatic rings. The number of ether oxygens (including phenoxy) is 1. The highest BCUT2D eigenvalue weighted by molar-refractivity contribution is 6.30. The van der Waals surface area contributed by atoms with Gasteiger partial charge in [0, 0.05) is 25.7 Å². The van der Waals surface area contributed by atoms with E-state index in [1.165, 1.54) is 12.8 Å². The number of rotatable bonds is 3. The first-order valence-corrected chi connectivity index (χ1v) is 13.4. The number of aryl methyl sites for hydroxylation is 1. The quantitative estimate of drug-likeness (QED) is 0.628. The van der Waals surface area contributed by atoms with E-state index in [-0.39, 0.29) is 22.2 Å². The van der Waals surface area contributed by atoms with Gasteiger partial charge in [-0.3, -0.25) is 4.90 Å². The number of halogens is 2. The first kappa shape index (κ1) is 25.3. The number of aromatic nitrogens is 3. The zero-order valence-electron chi connectivity index (χ0n) is 21.0. The second-order valence-corrected chi connectivity index (χ2v) is 9.37. The Morgan fingerprint density at radius 3 is 2.56 bits per heavy atom. The van der Waals surface area contributed by atoms with Crippen LogP contribution in [-0.2, 0) is 6.42 Å². The molecule has 9 heteroatoms. The van der Waals surface area contributed by atoms with Gasteiger partial charge in [0.2, 0.25) is 0 Å². The Bertz CT molecular complexity index is 995. The van der Waals surface area contributed by atoms with Crippen LogP contribution in [0.15, 0.2) is 0 Å². The molecule has 0 bridgehead atoms. The molecule has 7 nitrogen and oxygen atoms in total. The summed E-state index contributed by atoms with van der Waals surface area (Å²) in [5.41, 5.74) is 1.10. The molecule has 6 rings (SSSR count). The maximum Gasteiger partial charge on any atom is 0.319 e. The van der Waals surface area contributed by atoms with Gasteiger partial charge in [0.05, 0.1) is 16.6 Å². The molecule has 3 fully saturated rings. The minimum atomic E-state index is -0.584. The van der Waals surface area contributed by atoms with Crippen molar-refractivity contribution in [3.8, 4) is 6.01 Å². The lowest BCUT2D eigenvalue weighted by atomic mass is 9.95. The predicted octanol–water partition coefficient (Wildman–Crippen LogP) is 4.60. The molecular weight excluding hydrogens is 455 g/mol. The van der Waals surface area contributed by atoms with Crippen molar-refractivity contribution >= 4 is 28.3 Å². The summed E-state index contributed by atoms with van der Waals surface area (Å²) in [6.45, 7) is 13.4. The summed E-state index contributed by atoms with van der Waals surface area (Å²) < 4.78 is 21.2. The third-order valence-electron chi connectivity index (χ3n) is 7.40. The van der Waals surface area contributed by atoms with E-state index in [9.17, 15) is 0 Å². The van der Waals surface area contributed by atoms with Gasteiger partial charge in [0.25, 0.3) is 0 Å². The fourth-order valence-electron chi connectivity index (χ4n) is 5.89. The van der Waals surface area contributed by atoms with Crippen LogP contribution in [0.25, 0.3) is 10.9 Å². The zero-order chi connectivity index (χ0) is 24.3. The molecule has 0 saturated carbocycles. The second-order valence-electron chi connectivity index (χ2n) is 9.01. The first-order chi connectivity index (χ1) is 16.6. The lowest BCUT2D eigenvalue weighted by molar-refractivity contribution is 0.108. The highest BCUT2D eigenvalue weighted by atomic mass is 35.5. The van der Waals surface area contributed by atoms with Gasteiger partial charge in [-0.1, -0.05) is 39.3 Å². The van der Waals surface area contributed by atoms with Gasteiger partial charge in [0.15, 0.2) is 11.0 Å². The van der Waals surface area contributed by atoms with E-state index in [1.54, 1.807) is 0 Å². The molecule has 6 heterocycles. The minimum Gasteiger partial charge on any atom is -0.461 e. The van der Waals surface area contributed by atoms with Gasteiger partial charge < -0.3 is 15.0 Å². The van der Waals surface area contributed by atoms with E-state index in [0.717, 1.165) is 69.9 Å². The zero-order valence-corrected chi connectivity index (χ0v) is 21.7. The van der Waals surface area contributed by atoms with Crippen LogP contribution in [0, 0.1) is 5.82 Å². The molecule has 0 aromatic carbocycles. The van der Waals surface area contributed by atoms with Crippen molar-refractivity contribution in [3.05, 3.63) is 16.7 Å². The topological polar surface area (TPSA) is 66.4 Å². The maximum absolute atomic E-state index is 15.0. The van der Waals surface area contributed by atoms with Crippen LogP contribution >= 0.6 is 11.6 Å². The number of anilines is 1. The average molecular weight is 493 g/mol. The molecule has 1 N–H and O–H groups in total. The van der Waals surface area contributed by atoms with Gasteiger partial charge in [-0.05, 0) is 51.6 Å². The largest absolute Gasteiger partial charge is 0.461 e. The maximum atomic E-state index is 15.0. The summed E-state index contributed by atoms with van der Waals surface area (Å²) in [5, 5.41) is 4.02. The van der Waals surface area contributed by atoms with Crippen molar-refractivity contribution in [2.24, 2.45) is 0 Å². The van der Waals surface area contributed by atoms with Crippen LogP contribution in [0.4, 0.5) is 10.2 Å². The van der Waals surface area contributed by atoms with Crippen molar-refractivity contribution < 1.29 is 9.13 Å². The Labute approximate surface area is 207 Å². The number of hydrogen-bond donors (Lipinski definition) is 1. The van der Waals surface area contributed by atoms with E-state index in [4.69, 9.17) is 21.3 Å². The van der Waals surface area contributed by atoms with E-state index < -0.39 is 5.82 Å². The van der Waals surface area contributed by atoms with Gasteiger partial charge in [-0.2, -0.15) is 9.97 Å². The fraction of sp³-hybridized carbons (Fsp3) is 0.720. The first-order valence-electron chi connectivity index (χ1n) is 13.1. The molecule has 188 valence electrons. The fourth-order valence-corrected chi connectivity index (χ4v) is 6.08. The van der Waals surface area contributed by atoms with Gasteiger partial charge in [-0.15, -0.1) is 0 Å². The van der Waals surface area contributed by atoms with Gasteiger partial charge in [0.1, 0.15) is 17.9 Å². The Kier molecular flexibility index (Phi) is 8.10. The number of fused-ring (bicyclic) bond motifs is 3. The Morgan fingerprint density at radius 2 is 1.82 bits per heavy atom. The molecule has 3 saturated heterocycles. The highest BCUT2D eigenvalue weighted by Gasteiger charge is 2.45. The van der Waals surface area contributed by atoms with Crippen LogP contribution in [-0.4, -0.2) is 70.8 Å². The second kappa shape index (κ2) is 10.9. The third kappa shape index (κ3) is 4.44. The SMILES string of the molecule is CC.CC.Fc1c(Cl)nc2c3c(nc(OCC45CCCN4CCC5)nc13)N1CCNCC1CC2. The van der Waals surface area contributed by atoms with Crippen LogP contribution < -0.4 is 15.0 Å². The lowest BCUT2D eigenvalue weighted by Gasteiger charge is -2.36. The van der Waals surface area contributed by atoms with Crippen LogP contribution in [0.1, 0.15) is 65.5 Å². The standard InChI is InChI=1S/C21H26ClFN6O.2C2H6/c22-18-16(23)17-15-14(25-18)4-3-13-11-24-7-10-29(13)19(15)27-20(26-17)30-12-21-5-1-8-28(21)9-2-6-21;2*1-2/h13,24H,1-12H2;2*1-2H3. The van der Waals surface area contributed by atoms with Crippen LogP contribution in [0.3, 0.4) is 0 Å². The number of hydrogen-bond acceptors (Lipinski definition) is 7. The van der Waals surface area contributed by atoms with Crippen LogP contribution in [0.5, 0.6) is 6.01 Å². The molecule has 0 amide bonds. The van der Waals surface area contributed by atoms with Crippen molar-refractivity contribution in [2.45, 2.75) is 77.8 Å². The highest BCUT2D eigenvalue weighted by Crippen LogP contribution is 2.40. The summed E-state index contributed by atoms with van der Waals surface area (Å²) in [5.74, 6) is 0.156. The average Bonchev–Trinajstić information content (AvgIpc) is 3.42. The number of pyridine rings is 1. The van der Waals surface area contributed by atoms with E-state index in [2.05, 4.69) is 25.1 Å². The predicted molar refractivity (Wildman–Crippen MR) is 136 cm³/mol. The summed E-state index contributed by atoms with van der Waals surface area (Å²) in [6.07, 6.45) is 6.34. The number of nitrogens with zero attached hydrogens (tertiary/aromatic N) is 5. The molecule has 2 aromatic heterocycles. The molecule has 0 aliphatic carbocycles. The summed E-state index contributed by atoms with van der Waals surface area (Å²) in [4.78, 5) is 18.5. The van der Waals surface area contributed by atoms with Crippen molar-refractivity contribution in [1.29, 1.82) is 0 Å². The monoisotopic (exact) mass is 492 g/mol. The summed E-state index contributed by atoms with van der Waals surface area (Å²) >= 11 is 6.14. The van der Waals surface area contributed by atoms with Crippen molar-refractivity contribution in [3.63, 3.8) is 0 Å². The van der Waals surface area contributed by atoms with E-state index in [0.29, 0.717) is 18.0 Å². The molecule has 4 aliphatic heterocycles. The summed E-state index contributed by atoms with van der Waals surface area (Å²) in [7, 11) is 0.